The first-order valence-corrected chi connectivity index (χ1v) is 7.63. The van der Waals surface area contributed by atoms with Gasteiger partial charge in [0.1, 0.15) is 12.4 Å². The number of likely N-dealkylation sites (N-methyl/N-ethyl adjacent to an activating group) is 1. The zero-order valence-corrected chi connectivity index (χ0v) is 13.9. The number of hydrogen-bond acceptors (Lipinski definition) is 3. The molecule has 0 aliphatic rings. The molecule has 0 bridgehead atoms. The number of rotatable bonds is 7. The van der Waals surface area contributed by atoms with Crippen molar-refractivity contribution in [1.82, 2.24) is 4.90 Å². The normalized spacial score (nSPS) is 10.4. The minimum absolute atomic E-state index is 0.0178. The van der Waals surface area contributed by atoms with Gasteiger partial charge in [-0.2, -0.15) is 0 Å². The highest BCUT2D eigenvalue weighted by molar-refractivity contribution is 5.94. The second kappa shape index (κ2) is 8.34. The van der Waals surface area contributed by atoms with Crippen LogP contribution in [-0.4, -0.2) is 38.1 Å². The predicted octanol–water partition coefficient (Wildman–Crippen LogP) is 3.29. The van der Waals surface area contributed by atoms with Crippen LogP contribution in [0.25, 0.3) is 0 Å². The molecule has 2 rings (SSSR count). The van der Waals surface area contributed by atoms with E-state index in [1.165, 1.54) is 0 Å². The lowest BCUT2D eigenvalue weighted by molar-refractivity contribution is 0.0773. The SMILES string of the molecule is COCc1cccc(C(=O)N(C)CCOc2cccc(C)c2)c1. The van der Waals surface area contributed by atoms with E-state index in [0.717, 1.165) is 16.9 Å². The van der Waals surface area contributed by atoms with E-state index in [1.807, 2.05) is 55.5 Å². The summed E-state index contributed by atoms with van der Waals surface area (Å²) in [7, 11) is 3.42. The summed E-state index contributed by atoms with van der Waals surface area (Å²) in [6, 6.07) is 15.4. The second-order valence-electron chi connectivity index (χ2n) is 5.53. The molecule has 0 saturated carbocycles. The van der Waals surface area contributed by atoms with E-state index in [9.17, 15) is 4.79 Å². The lowest BCUT2D eigenvalue weighted by atomic mass is 10.1. The Morgan fingerprint density at radius 3 is 2.65 bits per heavy atom. The monoisotopic (exact) mass is 313 g/mol. The van der Waals surface area contributed by atoms with Crippen molar-refractivity contribution in [1.29, 1.82) is 0 Å². The topological polar surface area (TPSA) is 38.8 Å². The van der Waals surface area contributed by atoms with Crippen LogP contribution in [0, 0.1) is 6.92 Å². The predicted molar refractivity (Wildman–Crippen MR) is 90.8 cm³/mol. The van der Waals surface area contributed by atoms with Gasteiger partial charge in [0.25, 0.3) is 5.91 Å². The fourth-order valence-corrected chi connectivity index (χ4v) is 2.29. The highest BCUT2D eigenvalue weighted by atomic mass is 16.5. The van der Waals surface area contributed by atoms with E-state index < -0.39 is 0 Å². The van der Waals surface area contributed by atoms with Gasteiger partial charge in [-0.1, -0.05) is 24.3 Å². The van der Waals surface area contributed by atoms with E-state index in [-0.39, 0.29) is 5.91 Å². The average Bonchev–Trinajstić information content (AvgIpc) is 2.55. The van der Waals surface area contributed by atoms with Gasteiger partial charge in [-0.05, 0) is 42.3 Å². The van der Waals surface area contributed by atoms with E-state index in [4.69, 9.17) is 9.47 Å². The van der Waals surface area contributed by atoms with Crippen molar-refractivity contribution in [3.05, 3.63) is 65.2 Å². The lowest BCUT2D eigenvalue weighted by Gasteiger charge is -2.18. The summed E-state index contributed by atoms with van der Waals surface area (Å²) >= 11 is 0. The summed E-state index contributed by atoms with van der Waals surface area (Å²) in [5.41, 5.74) is 2.81. The molecule has 0 radical (unpaired) electrons. The standard InChI is InChI=1S/C19H23NO3/c1-15-6-4-9-18(12-15)23-11-10-20(2)19(21)17-8-5-7-16(13-17)14-22-3/h4-9,12-13H,10-11,14H2,1-3H3. The fraction of sp³-hybridized carbons (Fsp3) is 0.316. The van der Waals surface area contributed by atoms with Crippen molar-refractivity contribution < 1.29 is 14.3 Å². The van der Waals surface area contributed by atoms with Crippen LogP contribution in [0.4, 0.5) is 0 Å². The quantitative estimate of drug-likeness (QED) is 0.787. The van der Waals surface area contributed by atoms with Crippen molar-refractivity contribution in [3.8, 4) is 5.75 Å². The molecule has 122 valence electrons. The molecule has 0 saturated heterocycles. The van der Waals surface area contributed by atoms with E-state index in [0.29, 0.717) is 25.3 Å². The molecule has 0 aromatic heterocycles. The lowest BCUT2D eigenvalue weighted by Crippen LogP contribution is -2.30. The molecule has 0 aliphatic carbocycles. The van der Waals surface area contributed by atoms with Crippen molar-refractivity contribution in [3.63, 3.8) is 0 Å². The molecule has 4 heteroatoms. The number of amides is 1. The van der Waals surface area contributed by atoms with Gasteiger partial charge >= 0.3 is 0 Å². The fourth-order valence-electron chi connectivity index (χ4n) is 2.29. The van der Waals surface area contributed by atoms with Gasteiger partial charge in [0, 0.05) is 19.7 Å². The third-order valence-electron chi connectivity index (χ3n) is 3.52. The first kappa shape index (κ1) is 17.0. The van der Waals surface area contributed by atoms with Crippen LogP contribution in [-0.2, 0) is 11.3 Å². The molecule has 0 aliphatic heterocycles. The number of benzene rings is 2. The number of methoxy groups -OCH3 is 1. The average molecular weight is 313 g/mol. The Kier molecular flexibility index (Phi) is 6.18. The number of ether oxygens (including phenoxy) is 2. The van der Waals surface area contributed by atoms with Crippen molar-refractivity contribution >= 4 is 5.91 Å². The number of aryl methyl sites for hydroxylation is 1. The zero-order valence-electron chi connectivity index (χ0n) is 13.9. The molecule has 2 aromatic rings. The highest BCUT2D eigenvalue weighted by Crippen LogP contribution is 2.13. The largest absolute Gasteiger partial charge is 0.492 e. The third kappa shape index (κ3) is 5.11. The van der Waals surface area contributed by atoms with E-state index in [2.05, 4.69) is 0 Å². The molecule has 0 spiro atoms. The van der Waals surface area contributed by atoms with E-state index >= 15 is 0 Å². The molecule has 0 N–H and O–H groups in total. The number of nitrogens with zero attached hydrogens (tertiary/aromatic N) is 1. The Hall–Kier alpha value is -2.33. The Balaban J connectivity index is 1.88. The molecule has 0 atom stereocenters. The molecular weight excluding hydrogens is 290 g/mol. The molecular formula is C19H23NO3. The second-order valence-corrected chi connectivity index (χ2v) is 5.53. The van der Waals surface area contributed by atoms with Gasteiger partial charge in [0.05, 0.1) is 13.2 Å². The maximum Gasteiger partial charge on any atom is 0.253 e. The minimum Gasteiger partial charge on any atom is -0.492 e. The van der Waals surface area contributed by atoms with Gasteiger partial charge in [-0.3, -0.25) is 4.79 Å². The van der Waals surface area contributed by atoms with Gasteiger partial charge in [-0.15, -0.1) is 0 Å². The number of carbonyl (C=O) groups excluding carboxylic acids is 1. The van der Waals surface area contributed by atoms with Crippen molar-refractivity contribution in [2.45, 2.75) is 13.5 Å². The first-order chi connectivity index (χ1) is 11.1. The van der Waals surface area contributed by atoms with Gasteiger partial charge in [-0.25, -0.2) is 0 Å². The summed E-state index contributed by atoms with van der Waals surface area (Å²) in [5, 5.41) is 0. The van der Waals surface area contributed by atoms with Crippen LogP contribution in [0.15, 0.2) is 48.5 Å². The maximum absolute atomic E-state index is 12.4. The molecule has 23 heavy (non-hydrogen) atoms. The van der Waals surface area contributed by atoms with Crippen LogP contribution in [0.1, 0.15) is 21.5 Å². The van der Waals surface area contributed by atoms with Crippen LogP contribution >= 0.6 is 0 Å². The molecule has 0 fully saturated rings. The van der Waals surface area contributed by atoms with Crippen molar-refractivity contribution in [2.75, 3.05) is 27.3 Å². The first-order valence-electron chi connectivity index (χ1n) is 7.63. The summed E-state index contributed by atoms with van der Waals surface area (Å²) in [4.78, 5) is 14.1. The minimum atomic E-state index is -0.0178. The maximum atomic E-state index is 12.4. The van der Waals surface area contributed by atoms with Gasteiger partial charge < -0.3 is 14.4 Å². The van der Waals surface area contributed by atoms with E-state index in [1.54, 1.807) is 19.1 Å². The molecule has 4 nitrogen and oxygen atoms in total. The molecule has 1 amide bonds. The van der Waals surface area contributed by atoms with Crippen LogP contribution in [0.2, 0.25) is 0 Å². The Labute approximate surface area is 137 Å². The molecule has 2 aromatic carbocycles. The number of hydrogen-bond donors (Lipinski definition) is 0. The summed E-state index contributed by atoms with van der Waals surface area (Å²) < 4.78 is 10.8. The van der Waals surface area contributed by atoms with Crippen LogP contribution < -0.4 is 4.74 Å². The van der Waals surface area contributed by atoms with Crippen LogP contribution in [0.3, 0.4) is 0 Å². The Bertz CT molecular complexity index is 655. The molecule has 0 heterocycles. The Morgan fingerprint density at radius 1 is 1.13 bits per heavy atom. The van der Waals surface area contributed by atoms with Gasteiger partial charge in [0.15, 0.2) is 0 Å². The molecule has 0 unspecified atom stereocenters. The summed E-state index contributed by atoms with van der Waals surface area (Å²) in [6.45, 7) is 3.52. The Morgan fingerprint density at radius 2 is 1.91 bits per heavy atom. The number of carbonyl (C=O) groups is 1. The van der Waals surface area contributed by atoms with Crippen molar-refractivity contribution in [2.24, 2.45) is 0 Å². The zero-order chi connectivity index (χ0) is 16.7. The third-order valence-corrected chi connectivity index (χ3v) is 3.52. The smallest absolute Gasteiger partial charge is 0.253 e. The van der Waals surface area contributed by atoms with Gasteiger partial charge in [0.2, 0.25) is 0 Å². The van der Waals surface area contributed by atoms with Crippen LogP contribution in [0.5, 0.6) is 5.75 Å². The summed E-state index contributed by atoms with van der Waals surface area (Å²) in [6.07, 6.45) is 0. The highest BCUT2D eigenvalue weighted by Gasteiger charge is 2.12. The summed E-state index contributed by atoms with van der Waals surface area (Å²) in [5.74, 6) is 0.809.